The van der Waals surface area contributed by atoms with E-state index in [0.29, 0.717) is 12.3 Å². The molecule has 2 aliphatic rings. The average molecular weight is 317 g/mol. The zero-order valence-corrected chi connectivity index (χ0v) is 13.2. The van der Waals surface area contributed by atoms with Crippen LogP contribution >= 0.6 is 0 Å². The second-order valence-corrected chi connectivity index (χ2v) is 6.39. The molecule has 3 rings (SSSR count). The third-order valence-corrected chi connectivity index (χ3v) is 4.68. The molecule has 1 unspecified atom stereocenters. The van der Waals surface area contributed by atoms with Crippen LogP contribution in [0.4, 0.5) is 0 Å². The van der Waals surface area contributed by atoms with Crippen LogP contribution in [0.3, 0.4) is 0 Å². The molecule has 6 nitrogen and oxygen atoms in total. The van der Waals surface area contributed by atoms with Crippen LogP contribution in [0.5, 0.6) is 5.75 Å². The van der Waals surface area contributed by atoms with E-state index in [0.717, 1.165) is 45.1 Å². The van der Waals surface area contributed by atoms with E-state index in [4.69, 9.17) is 10.5 Å². The van der Waals surface area contributed by atoms with Crippen LogP contribution in [0.15, 0.2) is 18.3 Å². The summed E-state index contributed by atoms with van der Waals surface area (Å²) in [5.41, 5.74) is 5.43. The molecule has 2 heterocycles. The molecule has 1 saturated carbocycles. The van der Waals surface area contributed by atoms with E-state index in [1.54, 1.807) is 12.1 Å². The lowest BCUT2D eigenvalue weighted by Gasteiger charge is -2.34. The molecule has 1 aromatic heterocycles. The number of hydrogen-bond donors (Lipinski definition) is 1. The summed E-state index contributed by atoms with van der Waals surface area (Å²) in [6.45, 7) is 1.43. The van der Waals surface area contributed by atoms with Gasteiger partial charge in [0.1, 0.15) is 17.5 Å². The van der Waals surface area contributed by atoms with Crippen molar-refractivity contribution in [2.24, 2.45) is 11.7 Å². The number of nitrogens with two attached hydrogens (primary N) is 1. The summed E-state index contributed by atoms with van der Waals surface area (Å²) in [6, 6.07) is 3.27. The Kier molecular flexibility index (Phi) is 4.79. The van der Waals surface area contributed by atoms with Crippen LogP contribution in [0.2, 0.25) is 0 Å². The first-order valence-corrected chi connectivity index (χ1v) is 8.35. The van der Waals surface area contributed by atoms with Crippen LogP contribution in [0.1, 0.15) is 49.0 Å². The molecule has 0 aromatic carbocycles. The Morgan fingerprint density at radius 1 is 1.22 bits per heavy atom. The molecule has 6 heteroatoms. The summed E-state index contributed by atoms with van der Waals surface area (Å²) >= 11 is 0. The molecular weight excluding hydrogens is 294 g/mol. The fourth-order valence-corrected chi connectivity index (χ4v) is 3.48. The van der Waals surface area contributed by atoms with Gasteiger partial charge in [0.15, 0.2) is 0 Å². The first kappa shape index (κ1) is 15.8. The summed E-state index contributed by atoms with van der Waals surface area (Å²) < 4.78 is 5.95. The molecule has 1 aliphatic carbocycles. The molecule has 2 fully saturated rings. The Labute approximate surface area is 136 Å². The first-order chi connectivity index (χ1) is 11.1. The van der Waals surface area contributed by atoms with Gasteiger partial charge in [-0.3, -0.25) is 14.6 Å². The van der Waals surface area contributed by atoms with E-state index >= 15 is 0 Å². The van der Waals surface area contributed by atoms with E-state index in [-0.39, 0.29) is 23.6 Å². The Balaban J connectivity index is 1.61. The molecule has 0 radical (unpaired) electrons. The Morgan fingerprint density at radius 3 is 2.74 bits per heavy atom. The SMILES string of the molecule is NC(=O)c1cc(OC2CCCN(C(=O)C3CCCC3)C2)ccn1. The number of likely N-dealkylation sites (tertiary alicyclic amines) is 1. The fraction of sp³-hybridized carbons (Fsp3) is 0.588. The number of carbonyl (C=O) groups is 2. The number of amides is 2. The van der Waals surface area contributed by atoms with Crippen LogP contribution in [0, 0.1) is 5.92 Å². The zero-order valence-electron chi connectivity index (χ0n) is 13.2. The Morgan fingerprint density at radius 2 is 2.00 bits per heavy atom. The van der Waals surface area contributed by atoms with Crippen molar-refractivity contribution in [3.05, 3.63) is 24.0 Å². The zero-order chi connectivity index (χ0) is 16.2. The minimum Gasteiger partial charge on any atom is -0.488 e. The van der Waals surface area contributed by atoms with Crippen LogP contribution in [-0.2, 0) is 4.79 Å². The quantitative estimate of drug-likeness (QED) is 0.916. The van der Waals surface area contributed by atoms with Gasteiger partial charge in [0.2, 0.25) is 5.91 Å². The average Bonchev–Trinajstić information content (AvgIpc) is 3.09. The first-order valence-electron chi connectivity index (χ1n) is 8.35. The number of hydrogen-bond acceptors (Lipinski definition) is 4. The molecular formula is C17H23N3O3. The normalized spacial score (nSPS) is 22.1. The number of rotatable bonds is 4. The number of ether oxygens (including phenoxy) is 1. The van der Waals surface area contributed by atoms with E-state index in [1.165, 1.54) is 6.20 Å². The molecule has 2 amide bonds. The van der Waals surface area contributed by atoms with Gasteiger partial charge in [-0.05, 0) is 31.7 Å². The Hall–Kier alpha value is -2.11. The smallest absolute Gasteiger partial charge is 0.267 e. The largest absolute Gasteiger partial charge is 0.488 e. The van der Waals surface area contributed by atoms with Gasteiger partial charge in [-0.1, -0.05) is 12.8 Å². The predicted molar refractivity (Wildman–Crippen MR) is 84.9 cm³/mol. The second-order valence-electron chi connectivity index (χ2n) is 6.39. The molecule has 1 atom stereocenters. The lowest BCUT2D eigenvalue weighted by molar-refractivity contribution is -0.138. The van der Waals surface area contributed by atoms with Gasteiger partial charge in [0.25, 0.3) is 5.91 Å². The maximum Gasteiger partial charge on any atom is 0.267 e. The maximum atomic E-state index is 12.5. The molecule has 124 valence electrons. The van der Waals surface area contributed by atoms with Crippen molar-refractivity contribution in [2.45, 2.75) is 44.6 Å². The van der Waals surface area contributed by atoms with Crippen molar-refractivity contribution in [3.63, 3.8) is 0 Å². The molecule has 0 bridgehead atoms. The van der Waals surface area contributed by atoms with Crippen molar-refractivity contribution in [3.8, 4) is 5.75 Å². The minimum absolute atomic E-state index is 0.0442. The predicted octanol–water partition coefficient (Wildman–Crippen LogP) is 1.74. The van der Waals surface area contributed by atoms with E-state index in [9.17, 15) is 9.59 Å². The highest BCUT2D eigenvalue weighted by atomic mass is 16.5. The van der Waals surface area contributed by atoms with Crippen LogP contribution in [-0.4, -0.2) is 40.9 Å². The summed E-state index contributed by atoms with van der Waals surface area (Å²) in [7, 11) is 0. The van der Waals surface area contributed by atoms with Gasteiger partial charge in [0.05, 0.1) is 6.54 Å². The number of primary amides is 1. The number of nitrogens with zero attached hydrogens (tertiary/aromatic N) is 2. The number of aromatic nitrogens is 1. The van der Waals surface area contributed by atoms with Gasteiger partial charge in [-0.25, -0.2) is 0 Å². The molecule has 1 saturated heterocycles. The monoisotopic (exact) mass is 317 g/mol. The molecule has 23 heavy (non-hydrogen) atoms. The van der Waals surface area contributed by atoms with Crippen LogP contribution in [0.25, 0.3) is 0 Å². The highest BCUT2D eigenvalue weighted by Crippen LogP contribution is 2.28. The number of piperidine rings is 1. The van der Waals surface area contributed by atoms with E-state index < -0.39 is 5.91 Å². The van der Waals surface area contributed by atoms with Gasteiger partial charge < -0.3 is 15.4 Å². The topological polar surface area (TPSA) is 85.5 Å². The summed E-state index contributed by atoms with van der Waals surface area (Å²) in [5, 5.41) is 0. The molecule has 2 N–H and O–H groups in total. The highest BCUT2D eigenvalue weighted by molar-refractivity contribution is 5.91. The number of pyridine rings is 1. The maximum absolute atomic E-state index is 12.5. The van der Waals surface area contributed by atoms with Crippen LogP contribution < -0.4 is 10.5 Å². The van der Waals surface area contributed by atoms with Crippen molar-refractivity contribution in [1.29, 1.82) is 0 Å². The molecule has 1 aliphatic heterocycles. The Bertz CT molecular complexity index is 584. The van der Waals surface area contributed by atoms with Gasteiger partial charge in [-0.2, -0.15) is 0 Å². The third-order valence-electron chi connectivity index (χ3n) is 4.68. The third kappa shape index (κ3) is 3.81. The summed E-state index contributed by atoms with van der Waals surface area (Å²) in [6.07, 6.45) is 7.69. The highest BCUT2D eigenvalue weighted by Gasteiger charge is 2.31. The standard InChI is InChI=1S/C17H23N3O3/c18-16(21)15-10-13(7-8-19-15)23-14-6-3-9-20(11-14)17(22)12-4-1-2-5-12/h7-8,10,12,14H,1-6,9,11H2,(H2,18,21). The van der Waals surface area contributed by atoms with Crippen molar-refractivity contribution >= 4 is 11.8 Å². The van der Waals surface area contributed by atoms with Gasteiger partial charge in [0, 0.05) is 24.7 Å². The van der Waals surface area contributed by atoms with Crippen molar-refractivity contribution in [1.82, 2.24) is 9.88 Å². The lowest BCUT2D eigenvalue weighted by Crippen LogP contribution is -2.46. The summed E-state index contributed by atoms with van der Waals surface area (Å²) in [5.74, 6) is 0.491. The summed E-state index contributed by atoms with van der Waals surface area (Å²) in [4.78, 5) is 29.6. The van der Waals surface area contributed by atoms with E-state index in [1.807, 2.05) is 4.90 Å². The number of carbonyl (C=O) groups excluding carboxylic acids is 2. The van der Waals surface area contributed by atoms with Gasteiger partial charge >= 0.3 is 0 Å². The van der Waals surface area contributed by atoms with Crippen molar-refractivity contribution < 1.29 is 14.3 Å². The second kappa shape index (κ2) is 6.98. The minimum atomic E-state index is -0.572. The lowest BCUT2D eigenvalue weighted by atomic mass is 10.0. The molecule has 1 aromatic rings. The van der Waals surface area contributed by atoms with Gasteiger partial charge in [-0.15, -0.1) is 0 Å². The fourth-order valence-electron chi connectivity index (χ4n) is 3.48. The van der Waals surface area contributed by atoms with E-state index in [2.05, 4.69) is 4.98 Å². The molecule has 0 spiro atoms. The van der Waals surface area contributed by atoms with Crippen molar-refractivity contribution in [2.75, 3.05) is 13.1 Å².